The van der Waals surface area contributed by atoms with Crippen molar-refractivity contribution in [2.45, 2.75) is 6.92 Å². The van der Waals surface area contributed by atoms with Crippen molar-refractivity contribution in [1.29, 1.82) is 0 Å². The van der Waals surface area contributed by atoms with Crippen LogP contribution in [0, 0.1) is 6.92 Å². The second kappa shape index (κ2) is 7.27. The third kappa shape index (κ3) is 4.00. The summed E-state index contributed by atoms with van der Waals surface area (Å²) in [5.41, 5.74) is 3.40. The predicted octanol–water partition coefficient (Wildman–Crippen LogP) is 5.15. The van der Waals surface area contributed by atoms with E-state index < -0.39 is 0 Å². The van der Waals surface area contributed by atoms with Gasteiger partial charge in [0.15, 0.2) is 0 Å². The van der Waals surface area contributed by atoms with Crippen LogP contribution in [0.2, 0.25) is 0 Å². The fourth-order valence-electron chi connectivity index (χ4n) is 2.17. The maximum atomic E-state index is 12.3. The minimum absolute atomic E-state index is 0.177. The molecule has 1 amide bonds. The molecule has 0 atom stereocenters. The van der Waals surface area contributed by atoms with E-state index in [1.54, 1.807) is 12.3 Å². The molecular formula is C19H16BrN3O. The zero-order chi connectivity index (χ0) is 16.9. The van der Waals surface area contributed by atoms with E-state index in [9.17, 15) is 4.79 Å². The van der Waals surface area contributed by atoms with Crippen LogP contribution in [0.25, 0.3) is 0 Å². The van der Waals surface area contributed by atoms with Crippen LogP contribution in [-0.4, -0.2) is 10.9 Å². The molecule has 1 heterocycles. The molecule has 24 heavy (non-hydrogen) atoms. The number of benzene rings is 2. The monoisotopic (exact) mass is 381 g/mol. The van der Waals surface area contributed by atoms with Gasteiger partial charge in [-0.05, 0) is 59.3 Å². The highest BCUT2D eigenvalue weighted by Gasteiger charge is 2.09. The first-order valence-electron chi connectivity index (χ1n) is 7.47. The third-order valence-electron chi connectivity index (χ3n) is 3.46. The quantitative estimate of drug-likeness (QED) is 0.656. The van der Waals surface area contributed by atoms with Gasteiger partial charge in [0.2, 0.25) is 0 Å². The predicted molar refractivity (Wildman–Crippen MR) is 101 cm³/mol. The Morgan fingerprint density at radius 1 is 0.958 bits per heavy atom. The fraction of sp³-hybridized carbons (Fsp3) is 0.0526. The van der Waals surface area contributed by atoms with Crippen LogP contribution < -0.4 is 10.6 Å². The number of carbonyl (C=O) groups is 1. The molecule has 1 aromatic heterocycles. The van der Waals surface area contributed by atoms with Gasteiger partial charge in [0.1, 0.15) is 5.82 Å². The van der Waals surface area contributed by atoms with Crippen LogP contribution in [0.15, 0.2) is 71.3 Å². The van der Waals surface area contributed by atoms with Gasteiger partial charge < -0.3 is 10.6 Å². The molecule has 4 nitrogen and oxygen atoms in total. The van der Waals surface area contributed by atoms with E-state index >= 15 is 0 Å². The van der Waals surface area contributed by atoms with Gasteiger partial charge in [-0.15, -0.1) is 0 Å². The SMILES string of the molecule is Cc1ccc(Nc2ccc(NC(=O)c3ccccc3Br)cn2)cc1. The lowest BCUT2D eigenvalue weighted by molar-refractivity contribution is 0.102. The van der Waals surface area contributed by atoms with E-state index in [-0.39, 0.29) is 5.91 Å². The number of carbonyl (C=O) groups excluding carboxylic acids is 1. The van der Waals surface area contributed by atoms with Crippen LogP contribution in [0.1, 0.15) is 15.9 Å². The zero-order valence-electron chi connectivity index (χ0n) is 13.1. The van der Waals surface area contributed by atoms with Gasteiger partial charge in [0.25, 0.3) is 5.91 Å². The van der Waals surface area contributed by atoms with Crippen LogP contribution in [0.3, 0.4) is 0 Å². The summed E-state index contributed by atoms with van der Waals surface area (Å²) in [4.78, 5) is 16.6. The van der Waals surface area contributed by atoms with E-state index in [1.165, 1.54) is 5.56 Å². The average molecular weight is 382 g/mol. The molecule has 0 saturated carbocycles. The molecule has 3 aromatic rings. The van der Waals surface area contributed by atoms with Gasteiger partial charge in [-0.25, -0.2) is 4.98 Å². The summed E-state index contributed by atoms with van der Waals surface area (Å²) in [7, 11) is 0. The summed E-state index contributed by atoms with van der Waals surface area (Å²) in [6, 6.07) is 19.0. The Kier molecular flexibility index (Phi) is 4.91. The maximum absolute atomic E-state index is 12.3. The summed E-state index contributed by atoms with van der Waals surface area (Å²) < 4.78 is 0.758. The Morgan fingerprint density at radius 2 is 1.67 bits per heavy atom. The summed E-state index contributed by atoms with van der Waals surface area (Å²) in [5, 5.41) is 6.06. The van der Waals surface area contributed by atoms with E-state index in [0.29, 0.717) is 11.3 Å². The Balaban J connectivity index is 1.67. The highest BCUT2D eigenvalue weighted by atomic mass is 79.9. The number of amides is 1. The van der Waals surface area contributed by atoms with E-state index in [2.05, 4.69) is 31.5 Å². The lowest BCUT2D eigenvalue weighted by Gasteiger charge is -2.09. The van der Waals surface area contributed by atoms with Crippen LogP contribution >= 0.6 is 15.9 Å². The number of halogens is 1. The van der Waals surface area contributed by atoms with Crippen LogP contribution in [0.5, 0.6) is 0 Å². The number of aromatic nitrogens is 1. The number of hydrogen-bond donors (Lipinski definition) is 2. The fourth-order valence-corrected chi connectivity index (χ4v) is 2.64. The standard InChI is InChI=1S/C19H16BrN3O/c1-13-6-8-14(9-7-13)22-18-11-10-15(12-21-18)23-19(24)16-4-2-3-5-17(16)20/h2-12H,1H3,(H,21,22)(H,23,24). The molecule has 0 aliphatic rings. The Morgan fingerprint density at radius 3 is 2.33 bits per heavy atom. The Hall–Kier alpha value is -2.66. The van der Waals surface area contributed by atoms with Crippen molar-refractivity contribution in [1.82, 2.24) is 4.98 Å². The lowest BCUT2D eigenvalue weighted by Crippen LogP contribution is -2.12. The van der Waals surface area contributed by atoms with Gasteiger partial charge in [-0.1, -0.05) is 29.8 Å². The molecule has 0 unspecified atom stereocenters. The maximum Gasteiger partial charge on any atom is 0.256 e. The number of rotatable bonds is 4. The van der Waals surface area contributed by atoms with Crippen molar-refractivity contribution in [3.05, 3.63) is 82.5 Å². The number of aryl methyl sites for hydroxylation is 1. The van der Waals surface area contributed by atoms with E-state index in [4.69, 9.17) is 0 Å². The van der Waals surface area contributed by atoms with Gasteiger partial charge in [-0.2, -0.15) is 0 Å². The van der Waals surface area contributed by atoms with Crippen LogP contribution in [-0.2, 0) is 0 Å². The van der Waals surface area contributed by atoms with Crippen molar-refractivity contribution in [3.63, 3.8) is 0 Å². The van der Waals surface area contributed by atoms with Crippen molar-refractivity contribution < 1.29 is 4.79 Å². The van der Waals surface area contributed by atoms with Crippen molar-refractivity contribution >= 4 is 39.0 Å². The van der Waals surface area contributed by atoms with E-state index in [1.807, 2.05) is 61.5 Å². The minimum atomic E-state index is -0.177. The van der Waals surface area contributed by atoms with Crippen molar-refractivity contribution in [3.8, 4) is 0 Å². The highest BCUT2D eigenvalue weighted by molar-refractivity contribution is 9.10. The molecular weight excluding hydrogens is 366 g/mol. The molecule has 0 fully saturated rings. The molecule has 0 aliphatic heterocycles. The van der Waals surface area contributed by atoms with Gasteiger partial charge in [0.05, 0.1) is 17.4 Å². The third-order valence-corrected chi connectivity index (χ3v) is 4.16. The lowest BCUT2D eigenvalue weighted by atomic mass is 10.2. The zero-order valence-corrected chi connectivity index (χ0v) is 14.7. The van der Waals surface area contributed by atoms with Gasteiger partial charge in [-0.3, -0.25) is 4.79 Å². The molecule has 0 bridgehead atoms. The molecule has 0 saturated heterocycles. The number of nitrogens with one attached hydrogen (secondary N) is 2. The molecule has 5 heteroatoms. The average Bonchev–Trinajstić information content (AvgIpc) is 2.59. The number of pyridine rings is 1. The number of hydrogen-bond acceptors (Lipinski definition) is 3. The Bertz CT molecular complexity index is 845. The molecule has 0 aliphatic carbocycles. The summed E-state index contributed by atoms with van der Waals surface area (Å²) in [5.74, 6) is 0.543. The molecule has 120 valence electrons. The molecule has 0 spiro atoms. The van der Waals surface area contributed by atoms with Crippen LogP contribution in [0.4, 0.5) is 17.2 Å². The number of nitrogens with zero attached hydrogens (tertiary/aromatic N) is 1. The minimum Gasteiger partial charge on any atom is -0.340 e. The summed E-state index contributed by atoms with van der Waals surface area (Å²) in [6.45, 7) is 2.05. The van der Waals surface area contributed by atoms with Gasteiger partial charge in [0, 0.05) is 10.2 Å². The highest BCUT2D eigenvalue weighted by Crippen LogP contribution is 2.19. The first kappa shape index (κ1) is 16.2. The van der Waals surface area contributed by atoms with Gasteiger partial charge >= 0.3 is 0 Å². The first-order valence-corrected chi connectivity index (χ1v) is 8.27. The first-order chi connectivity index (χ1) is 11.6. The van der Waals surface area contributed by atoms with Crippen molar-refractivity contribution in [2.75, 3.05) is 10.6 Å². The second-order valence-electron chi connectivity index (χ2n) is 5.36. The summed E-state index contributed by atoms with van der Waals surface area (Å²) >= 11 is 3.38. The second-order valence-corrected chi connectivity index (χ2v) is 6.21. The normalized spacial score (nSPS) is 10.2. The smallest absolute Gasteiger partial charge is 0.256 e. The topological polar surface area (TPSA) is 54.0 Å². The van der Waals surface area contributed by atoms with E-state index in [0.717, 1.165) is 16.0 Å². The number of anilines is 3. The molecule has 3 rings (SSSR count). The largest absolute Gasteiger partial charge is 0.340 e. The Labute approximate surface area is 149 Å². The molecule has 0 radical (unpaired) electrons. The molecule has 2 N–H and O–H groups in total. The summed E-state index contributed by atoms with van der Waals surface area (Å²) in [6.07, 6.45) is 1.63. The van der Waals surface area contributed by atoms with Crippen molar-refractivity contribution in [2.24, 2.45) is 0 Å². The molecule has 2 aromatic carbocycles.